The Hall–Kier alpha value is -3.14. The van der Waals surface area contributed by atoms with Gasteiger partial charge >= 0.3 is 0 Å². The molecule has 1 atom stereocenters. The number of methoxy groups -OCH3 is 1. The predicted octanol–water partition coefficient (Wildman–Crippen LogP) is 3.54. The molecule has 126 valence electrons. The van der Waals surface area contributed by atoms with Gasteiger partial charge in [0.2, 0.25) is 5.91 Å². The summed E-state index contributed by atoms with van der Waals surface area (Å²) in [5.41, 5.74) is 2.72. The highest BCUT2D eigenvalue weighted by Crippen LogP contribution is 2.20. The number of carbonyl (C=O) groups is 1. The van der Waals surface area contributed by atoms with Gasteiger partial charge in [0.15, 0.2) is 0 Å². The van der Waals surface area contributed by atoms with Crippen molar-refractivity contribution in [3.8, 4) is 5.75 Å². The fourth-order valence-electron chi connectivity index (χ4n) is 2.70. The standard InChI is InChI=1S/C21H20N2O2/c1-25-18-11-7-8-16(14-18)15-20(24)23-21(17-9-3-2-4-10-17)19-12-5-6-13-22-19/h2-14,21H,15H2,1H3,(H,23,24). The van der Waals surface area contributed by atoms with Crippen LogP contribution < -0.4 is 10.1 Å². The molecule has 4 heteroatoms. The maximum Gasteiger partial charge on any atom is 0.225 e. The van der Waals surface area contributed by atoms with Crippen molar-refractivity contribution >= 4 is 5.91 Å². The summed E-state index contributed by atoms with van der Waals surface area (Å²) in [4.78, 5) is 17.0. The number of aromatic nitrogens is 1. The Morgan fingerprint density at radius 2 is 1.84 bits per heavy atom. The van der Waals surface area contributed by atoms with E-state index in [0.29, 0.717) is 0 Å². The van der Waals surface area contributed by atoms with Gasteiger partial charge in [-0.2, -0.15) is 0 Å². The number of hydrogen-bond donors (Lipinski definition) is 1. The fraction of sp³-hybridized carbons (Fsp3) is 0.143. The topological polar surface area (TPSA) is 51.2 Å². The zero-order valence-electron chi connectivity index (χ0n) is 14.1. The monoisotopic (exact) mass is 332 g/mol. The van der Waals surface area contributed by atoms with Gasteiger partial charge in [-0.05, 0) is 35.4 Å². The van der Waals surface area contributed by atoms with E-state index in [1.807, 2.05) is 72.8 Å². The van der Waals surface area contributed by atoms with Crippen LogP contribution >= 0.6 is 0 Å². The molecule has 0 aliphatic heterocycles. The Bertz CT molecular complexity index is 780. The van der Waals surface area contributed by atoms with Gasteiger partial charge in [-0.15, -0.1) is 0 Å². The van der Waals surface area contributed by atoms with E-state index in [0.717, 1.165) is 22.6 Å². The summed E-state index contributed by atoms with van der Waals surface area (Å²) in [7, 11) is 1.62. The first kappa shape index (κ1) is 16.7. The second-order valence-electron chi connectivity index (χ2n) is 5.69. The normalized spacial score (nSPS) is 11.6. The Labute approximate surface area is 147 Å². The highest BCUT2D eigenvalue weighted by atomic mass is 16.5. The number of nitrogens with one attached hydrogen (secondary N) is 1. The van der Waals surface area contributed by atoms with Crippen LogP contribution in [-0.2, 0) is 11.2 Å². The second-order valence-corrected chi connectivity index (χ2v) is 5.69. The number of pyridine rings is 1. The van der Waals surface area contributed by atoms with Crippen LogP contribution in [0, 0.1) is 0 Å². The van der Waals surface area contributed by atoms with Gasteiger partial charge in [-0.25, -0.2) is 0 Å². The second kappa shape index (κ2) is 8.11. The molecular formula is C21H20N2O2. The number of nitrogens with zero attached hydrogens (tertiary/aromatic N) is 1. The summed E-state index contributed by atoms with van der Waals surface area (Å²) >= 11 is 0. The average Bonchev–Trinajstić information content (AvgIpc) is 2.67. The van der Waals surface area contributed by atoms with Crippen LogP contribution in [0.5, 0.6) is 5.75 Å². The van der Waals surface area contributed by atoms with Crippen LogP contribution in [-0.4, -0.2) is 18.0 Å². The molecule has 0 saturated carbocycles. The Morgan fingerprint density at radius 3 is 2.56 bits per heavy atom. The molecule has 3 aromatic rings. The maximum atomic E-state index is 12.6. The molecule has 1 heterocycles. The summed E-state index contributed by atoms with van der Waals surface area (Å²) in [6, 6.07) is 22.8. The van der Waals surface area contributed by atoms with Gasteiger partial charge < -0.3 is 10.1 Å². The van der Waals surface area contributed by atoms with Gasteiger partial charge in [-0.1, -0.05) is 48.5 Å². The number of benzene rings is 2. The van der Waals surface area contributed by atoms with E-state index in [1.54, 1.807) is 13.3 Å². The fourth-order valence-corrected chi connectivity index (χ4v) is 2.70. The Balaban J connectivity index is 1.79. The van der Waals surface area contributed by atoms with Crippen LogP contribution in [0.1, 0.15) is 22.9 Å². The molecular weight excluding hydrogens is 312 g/mol. The van der Waals surface area contributed by atoms with Crippen LogP contribution in [0.4, 0.5) is 0 Å². The predicted molar refractivity (Wildman–Crippen MR) is 97.4 cm³/mol. The third kappa shape index (κ3) is 4.44. The zero-order valence-corrected chi connectivity index (χ0v) is 14.1. The molecule has 0 radical (unpaired) electrons. The van der Waals surface area contributed by atoms with Crippen LogP contribution in [0.25, 0.3) is 0 Å². The van der Waals surface area contributed by atoms with Gasteiger partial charge in [0.1, 0.15) is 5.75 Å². The molecule has 1 N–H and O–H groups in total. The molecule has 1 unspecified atom stereocenters. The lowest BCUT2D eigenvalue weighted by Gasteiger charge is -2.19. The molecule has 0 aliphatic rings. The lowest BCUT2D eigenvalue weighted by molar-refractivity contribution is -0.120. The first-order valence-corrected chi connectivity index (χ1v) is 8.14. The minimum absolute atomic E-state index is 0.0623. The minimum Gasteiger partial charge on any atom is -0.497 e. The number of hydrogen-bond acceptors (Lipinski definition) is 3. The summed E-state index contributed by atoms with van der Waals surface area (Å²) in [5.74, 6) is 0.683. The lowest BCUT2D eigenvalue weighted by atomic mass is 10.0. The van der Waals surface area contributed by atoms with Crippen LogP contribution in [0.15, 0.2) is 79.0 Å². The van der Waals surface area contributed by atoms with Crippen molar-refractivity contribution < 1.29 is 9.53 Å². The third-order valence-corrected chi connectivity index (χ3v) is 3.92. The van der Waals surface area contributed by atoms with E-state index in [-0.39, 0.29) is 18.4 Å². The largest absolute Gasteiger partial charge is 0.497 e. The Morgan fingerprint density at radius 1 is 1.04 bits per heavy atom. The average molecular weight is 332 g/mol. The van der Waals surface area contributed by atoms with Crippen molar-refractivity contribution in [2.45, 2.75) is 12.5 Å². The SMILES string of the molecule is COc1cccc(CC(=O)NC(c2ccccc2)c2ccccn2)c1. The first-order valence-electron chi connectivity index (χ1n) is 8.14. The molecule has 1 amide bonds. The zero-order chi connectivity index (χ0) is 17.5. The summed E-state index contributed by atoms with van der Waals surface area (Å²) < 4.78 is 5.21. The van der Waals surface area contributed by atoms with Gasteiger partial charge in [0, 0.05) is 6.20 Å². The number of amides is 1. The molecule has 0 bridgehead atoms. The van der Waals surface area contributed by atoms with E-state index in [9.17, 15) is 4.79 Å². The van der Waals surface area contributed by atoms with Crippen molar-refractivity contribution in [1.82, 2.24) is 10.3 Å². The van der Waals surface area contributed by atoms with Crippen molar-refractivity contribution in [3.05, 3.63) is 95.8 Å². The van der Waals surface area contributed by atoms with Crippen molar-refractivity contribution in [3.63, 3.8) is 0 Å². The smallest absolute Gasteiger partial charge is 0.225 e. The third-order valence-electron chi connectivity index (χ3n) is 3.92. The van der Waals surface area contributed by atoms with Gasteiger partial charge in [-0.3, -0.25) is 9.78 Å². The van der Waals surface area contributed by atoms with E-state index in [4.69, 9.17) is 4.74 Å². The number of ether oxygens (including phenoxy) is 1. The number of carbonyl (C=O) groups excluding carboxylic acids is 1. The van der Waals surface area contributed by atoms with Gasteiger partial charge in [0.05, 0.1) is 25.3 Å². The molecule has 0 spiro atoms. The van der Waals surface area contributed by atoms with E-state index in [2.05, 4.69) is 10.3 Å². The summed E-state index contributed by atoms with van der Waals surface area (Å²) in [6.07, 6.45) is 2.02. The molecule has 0 aliphatic carbocycles. The molecule has 3 rings (SSSR count). The quantitative estimate of drug-likeness (QED) is 0.751. The minimum atomic E-state index is -0.277. The lowest BCUT2D eigenvalue weighted by Crippen LogP contribution is -2.31. The number of rotatable bonds is 6. The summed E-state index contributed by atoms with van der Waals surface area (Å²) in [6.45, 7) is 0. The van der Waals surface area contributed by atoms with Crippen LogP contribution in [0.2, 0.25) is 0 Å². The molecule has 2 aromatic carbocycles. The van der Waals surface area contributed by atoms with Crippen molar-refractivity contribution in [1.29, 1.82) is 0 Å². The molecule has 0 saturated heterocycles. The Kier molecular flexibility index (Phi) is 5.42. The van der Waals surface area contributed by atoms with Crippen molar-refractivity contribution in [2.75, 3.05) is 7.11 Å². The van der Waals surface area contributed by atoms with Gasteiger partial charge in [0.25, 0.3) is 0 Å². The highest BCUT2D eigenvalue weighted by molar-refractivity contribution is 5.79. The van der Waals surface area contributed by atoms with E-state index >= 15 is 0 Å². The van der Waals surface area contributed by atoms with E-state index < -0.39 is 0 Å². The molecule has 1 aromatic heterocycles. The van der Waals surface area contributed by atoms with E-state index in [1.165, 1.54) is 0 Å². The van der Waals surface area contributed by atoms with Crippen LogP contribution in [0.3, 0.4) is 0 Å². The molecule has 25 heavy (non-hydrogen) atoms. The highest BCUT2D eigenvalue weighted by Gasteiger charge is 2.18. The summed E-state index contributed by atoms with van der Waals surface area (Å²) in [5, 5.41) is 3.09. The molecule has 0 fully saturated rings. The first-order chi connectivity index (χ1) is 12.3. The maximum absolute atomic E-state index is 12.6. The molecule has 4 nitrogen and oxygen atoms in total. The van der Waals surface area contributed by atoms with Crippen molar-refractivity contribution in [2.24, 2.45) is 0 Å².